The van der Waals surface area contributed by atoms with Crippen molar-refractivity contribution in [2.75, 3.05) is 0 Å². The van der Waals surface area contributed by atoms with Crippen molar-refractivity contribution in [2.45, 2.75) is 84.0 Å². The van der Waals surface area contributed by atoms with E-state index in [1.165, 1.54) is 0 Å². The normalized spacial score (nSPS) is 15.8. The summed E-state index contributed by atoms with van der Waals surface area (Å²) in [6.07, 6.45) is 1.01. The zero-order valence-corrected chi connectivity index (χ0v) is 22.0. The van der Waals surface area contributed by atoms with Crippen molar-refractivity contribution in [1.29, 1.82) is 0 Å². The number of carbonyl (C=O) groups is 5. The maximum atomic E-state index is 13.2. The van der Waals surface area contributed by atoms with Crippen LogP contribution in [0, 0.1) is 11.8 Å². The molecular formula is C26H41N5O6. The third-order valence-electron chi connectivity index (χ3n) is 6.52. The molecule has 0 saturated carbocycles. The molecule has 11 nitrogen and oxygen atoms in total. The number of hydrogen-bond acceptors (Lipinski definition) is 6. The lowest BCUT2D eigenvalue weighted by molar-refractivity contribution is -0.144. The standard InChI is InChI=1S/C26H41N5O6/c1-5-15(3)21(25(35)31-22(26(36)37)16(4)6-2)30-24(34)19(12-13-20(28)32)29-23(33)18(27)14-17-10-8-7-9-11-17/h7-11,15-16,18-19,21-22H,5-6,12-14,27H2,1-4H3,(H2,28,32)(H,29,33)(H,30,34)(H,31,35)(H,36,37). The zero-order chi connectivity index (χ0) is 28.1. The smallest absolute Gasteiger partial charge is 0.326 e. The van der Waals surface area contributed by atoms with Crippen LogP contribution in [0.25, 0.3) is 0 Å². The van der Waals surface area contributed by atoms with E-state index in [0.717, 1.165) is 5.56 Å². The lowest BCUT2D eigenvalue weighted by Gasteiger charge is -2.29. The van der Waals surface area contributed by atoms with Gasteiger partial charge >= 0.3 is 5.97 Å². The zero-order valence-electron chi connectivity index (χ0n) is 22.0. The van der Waals surface area contributed by atoms with Crippen LogP contribution in [0.2, 0.25) is 0 Å². The minimum Gasteiger partial charge on any atom is -0.480 e. The molecule has 0 saturated heterocycles. The van der Waals surface area contributed by atoms with E-state index in [-0.39, 0.29) is 31.1 Å². The molecule has 37 heavy (non-hydrogen) atoms. The molecule has 0 radical (unpaired) electrons. The summed E-state index contributed by atoms with van der Waals surface area (Å²) >= 11 is 0. The van der Waals surface area contributed by atoms with E-state index in [0.29, 0.717) is 12.8 Å². The molecule has 206 valence electrons. The maximum absolute atomic E-state index is 13.2. The Kier molecular flexibility index (Phi) is 13.3. The summed E-state index contributed by atoms with van der Waals surface area (Å²) in [6, 6.07) is 4.81. The van der Waals surface area contributed by atoms with E-state index in [2.05, 4.69) is 16.0 Å². The van der Waals surface area contributed by atoms with Gasteiger partial charge in [0.2, 0.25) is 23.6 Å². The molecule has 4 amide bonds. The monoisotopic (exact) mass is 519 g/mol. The van der Waals surface area contributed by atoms with Gasteiger partial charge in [0.05, 0.1) is 6.04 Å². The molecule has 6 atom stereocenters. The number of nitrogens with one attached hydrogen (secondary N) is 3. The molecule has 0 heterocycles. The summed E-state index contributed by atoms with van der Waals surface area (Å²) in [4.78, 5) is 62.1. The first-order chi connectivity index (χ1) is 17.4. The summed E-state index contributed by atoms with van der Waals surface area (Å²) in [5, 5.41) is 17.3. The average molecular weight is 520 g/mol. The van der Waals surface area contributed by atoms with Gasteiger partial charge in [-0.15, -0.1) is 0 Å². The van der Waals surface area contributed by atoms with Gasteiger partial charge in [0.1, 0.15) is 18.1 Å². The fraction of sp³-hybridized carbons (Fsp3) is 0.577. The highest BCUT2D eigenvalue weighted by Crippen LogP contribution is 2.13. The molecule has 0 bridgehead atoms. The van der Waals surface area contributed by atoms with Crippen LogP contribution in [0.15, 0.2) is 30.3 Å². The minimum absolute atomic E-state index is 0.0928. The summed E-state index contributed by atoms with van der Waals surface area (Å²) in [7, 11) is 0. The Morgan fingerprint density at radius 1 is 0.838 bits per heavy atom. The summed E-state index contributed by atoms with van der Waals surface area (Å²) < 4.78 is 0. The van der Waals surface area contributed by atoms with Crippen molar-refractivity contribution in [3.63, 3.8) is 0 Å². The highest BCUT2D eigenvalue weighted by Gasteiger charge is 2.34. The van der Waals surface area contributed by atoms with Crippen LogP contribution in [0.5, 0.6) is 0 Å². The number of aliphatic carboxylic acids is 1. The van der Waals surface area contributed by atoms with Crippen molar-refractivity contribution in [3.8, 4) is 0 Å². The van der Waals surface area contributed by atoms with E-state index in [4.69, 9.17) is 11.5 Å². The second kappa shape index (κ2) is 15.6. The highest BCUT2D eigenvalue weighted by atomic mass is 16.4. The second-order valence-electron chi connectivity index (χ2n) is 9.44. The fourth-order valence-electron chi connectivity index (χ4n) is 3.68. The Balaban J connectivity index is 3.04. The first-order valence-corrected chi connectivity index (χ1v) is 12.6. The second-order valence-corrected chi connectivity index (χ2v) is 9.44. The lowest BCUT2D eigenvalue weighted by Crippen LogP contribution is -2.59. The Hall–Kier alpha value is -3.47. The SMILES string of the molecule is CCC(C)C(NC(=O)C(NC(=O)C(CCC(N)=O)NC(=O)C(N)Cc1ccccc1)C(C)CC)C(=O)O. The topological polar surface area (TPSA) is 194 Å². The number of nitrogens with two attached hydrogens (primary N) is 2. The first kappa shape index (κ1) is 31.6. The fourth-order valence-corrected chi connectivity index (χ4v) is 3.68. The Morgan fingerprint density at radius 3 is 1.89 bits per heavy atom. The van der Waals surface area contributed by atoms with Crippen LogP contribution in [0.1, 0.15) is 58.9 Å². The predicted octanol–water partition coefficient (Wildman–Crippen LogP) is 0.453. The molecule has 6 unspecified atom stereocenters. The van der Waals surface area contributed by atoms with Gasteiger partial charge in [-0.25, -0.2) is 4.79 Å². The number of primary amides is 1. The van der Waals surface area contributed by atoms with Crippen LogP contribution in [0.4, 0.5) is 0 Å². The van der Waals surface area contributed by atoms with E-state index < -0.39 is 53.8 Å². The summed E-state index contributed by atoms with van der Waals surface area (Å²) in [5.74, 6) is -4.44. The van der Waals surface area contributed by atoms with Crippen LogP contribution in [0.3, 0.4) is 0 Å². The average Bonchev–Trinajstić information content (AvgIpc) is 2.86. The number of carbonyl (C=O) groups excluding carboxylic acids is 4. The van der Waals surface area contributed by atoms with Gasteiger partial charge in [-0.2, -0.15) is 0 Å². The molecule has 11 heteroatoms. The number of carboxylic acids is 1. The van der Waals surface area contributed by atoms with Crippen LogP contribution in [-0.2, 0) is 30.4 Å². The molecule has 1 aromatic carbocycles. The molecule has 1 rings (SSSR count). The van der Waals surface area contributed by atoms with E-state index in [1.807, 2.05) is 44.2 Å². The molecule has 1 aromatic rings. The van der Waals surface area contributed by atoms with E-state index >= 15 is 0 Å². The number of benzene rings is 1. The Labute approximate surface area is 218 Å². The van der Waals surface area contributed by atoms with Crippen molar-refractivity contribution < 1.29 is 29.1 Å². The van der Waals surface area contributed by atoms with Crippen LogP contribution >= 0.6 is 0 Å². The third-order valence-corrected chi connectivity index (χ3v) is 6.52. The third kappa shape index (κ3) is 10.6. The van der Waals surface area contributed by atoms with Gasteiger partial charge in [0.25, 0.3) is 0 Å². The molecule has 0 aliphatic carbocycles. The van der Waals surface area contributed by atoms with Gasteiger partial charge in [0, 0.05) is 6.42 Å². The molecule has 0 spiro atoms. The van der Waals surface area contributed by atoms with Crippen molar-refractivity contribution >= 4 is 29.6 Å². The van der Waals surface area contributed by atoms with Crippen LogP contribution in [-0.4, -0.2) is 58.9 Å². The molecule has 0 aliphatic heterocycles. The number of hydrogen-bond donors (Lipinski definition) is 6. The molecule has 0 aliphatic rings. The Morgan fingerprint density at radius 2 is 1.38 bits per heavy atom. The molecule has 8 N–H and O–H groups in total. The van der Waals surface area contributed by atoms with Gasteiger partial charge in [-0.05, 0) is 30.2 Å². The minimum atomic E-state index is -1.17. The molecular weight excluding hydrogens is 478 g/mol. The number of rotatable bonds is 16. The summed E-state index contributed by atoms with van der Waals surface area (Å²) in [5.41, 5.74) is 12.1. The van der Waals surface area contributed by atoms with E-state index in [1.54, 1.807) is 13.8 Å². The molecule has 0 aromatic heterocycles. The maximum Gasteiger partial charge on any atom is 0.326 e. The largest absolute Gasteiger partial charge is 0.480 e. The lowest BCUT2D eigenvalue weighted by atomic mass is 9.95. The molecule has 0 fully saturated rings. The summed E-state index contributed by atoms with van der Waals surface area (Å²) in [6.45, 7) is 7.10. The van der Waals surface area contributed by atoms with Gasteiger partial charge in [-0.3, -0.25) is 19.2 Å². The van der Waals surface area contributed by atoms with Crippen molar-refractivity contribution in [2.24, 2.45) is 23.3 Å². The van der Waals surface area contributed by atoms with E-state index in [9.17, 15) is 29.1 Å². The Bertz CT molecular complexity index is 925. The number of amides is 4. The first-order valence-electron chi connectivity index (χ1n) is 12.6. The highest BCUT2D eigenvalue weighted by molar-refractivity contribution is 5.94. The van der Waals surface area contributed by atoms with Crippen molar-refractivity contribution in [3.05, 3.63) is 35.9 Å². The quantitative estimate of drug-likeness (QED) is 0.182. The van der Waals surface area contributed by atoms with Gasteiger partial charge in [0.15, 0.2) is 0 Å². The predicted molar refractivity (Wildman–Crippen MR) is 139 cm³/mol. The van der Waals surface area contributed by atoms with Gasteiger partial charge in [-0.1, -0.05) is 70.9 Å². The number of carboxylic acid groups (broad SMARTS) is 1. The van der Waals surface area contributed by atoms with Gasteiger partial charge < -0.3 is 32.5 Å². The van der Waals surface area contributed by atoms with Crippen LogP contribution < -0.4 is 27.4 Å². The van der Waals surface area contributed by atoms with Crippen molar-refractivity contribution in [1.82, 2.24) is 16.0 Å².